The van der Waals surface area contributed by atoms with Gasteiger partial charge in [-0.2, -0.15) is 0 Å². The van der Waals surface area contributed by atoms with Gasteiger partial charge >= 0.3 is 6.01 Å². The van der Waals surface area contributed by atoms with Crippen molar-refractivity contribution in [3.05, 3.63) is 41.7 Å². The van der Waals surface area contributed by atoms with Crippen LogP contribution in [0.5, 0.6) is 17.5 Å². The minimum atomic E-state index is 0.194. The summed E-state index contributed by atoms with van der Waals surface area (Å²) in [6.07, 6.45) is 5.75. The zero-order chi connectivity index (χ0) is 17.1. The molecule has 0 unspecified atom stereocenters. The van der Waals surface area contributed by atoms with Crippen molar-refractivity contribution in [2.75, 3.05) is 26.3 Å². The summed E-state index contributed by atoms with van der Waals surface area (Å²) in [5.41, 5.74) is 2.30. The van der Waals surface area contributed by atoms with Gasteiger partial charge in [-0.05, 0) is 43.0 Å². The quantitative estimate of drug-likeness (QED) is 0.852. The normalized spacial score (nSPS) is 18.1. The van der Waals surface area contributed by atoms with Crippen molar-refractivity contribution in [1.29, 1.82) is 0 Å². The first-order valence-corrected chi connectivity index (χ1v) is 8.82. The van der Waals surface area contributed by atoms with Crippen molar-refractivity contribution in [2.45, 2.75) is 32.4 Å². The maximum Gasteiger partial charge on any atom is 0.316 e. The summed E-state index contributed by atoms with van der Waals surface area (Å²) < 4.78 is 17.1. The molecule has 0 atom stereocenters. The molecule has 1 saturated heterocycles. The Balaban J connectivity index is 1.29. The average Bonchev–Trinajstić information content (AvgIpc) is 2.65. The Bertz CT molecular complexity index is 712. The molecule has 6 heteroatoms. The number of nitrogens with zero attached hydrogens (tertiary/aromatic N) is 3. The Hall–Kier alpha value is -2.34. The second-order valence-corrected chi connectivity index (χ2v) is 6.61. The van der Waals surface area contributed by atoms with Crippen LogP contribution in [0.2, 0.25) is 0 Å². The summed E-state index contributed by atoms with van der Waals surface area (Å²) in [4.78, 5) is 10.9. The summed E-state index contributed by atoms with van der Waals surface area (Å²) >= 11 is 0. The van der Waals surface area contributed by atoms with Crippen molar-refractivity contribution in [1.82, 2.24) is 14.9 Å². The van der Waals surface area contributed by atoms with E-state index in [1.165, 1.54) is 5.56 Å². The Morgan fingerprint density at radius 1 is 1.08 bits per heavy atom. The van der Waals surface area contributed by atoms with Crippen LogP contribution in [0.3, 0.4) is 0 Å². The lowest BCUT2D eigenvalue weighted by atomic mass is 10.1. The molecule has 0 N–H and O–H groups in total. The molecule has 0 saturated carbocycles. The summed E-state index contributed by atoms with van der Waals surface area (Å²) in [5.74, 6) is 1.71. The lowest BCUT2D eigenvalue weighted by Crippen LogP contribution is -2.38. The number of hydrogen-bond donors (Lipinski definition) is 0. The van der Waals surface area contributed by atoms with Crippen LogP contribution in [0.1, 0.15) is 24.0 Å². The maximum absolute atomic E-state index is 5.90. The summed E-state index contributed by atoms with van der Waals surface area (Å²) in [5, 5.41) is 0. The zero-order valence-electron chi connectivity index (χ0n) is 14.5. The number of aryl methyl sites for hydroxylation is 1. The predicted molar refractivity (Wildman–Crippen MR) is 93.1 cm³/mol. The van der Waals surface area contributed by atoms with E-state index < -0.39 is 0 Å². The minimum Gasteiger partial charge on any atom is -0.486 e. The summed E-state index contributed by atoms with van der Waals surface area (Å²) in [6.45, 7) is 6.16. The highest BCUT2D eigenvalue weighted by atomic mass is 16.6. The number of rotatable bonds is 4. The molecule has 2 aliphatic heterocycles. The van der Waals surface area contributed by atoms with E-state index in [9.17, 15) is 0 Å². The van der Waals surface area contributed by atoms with E-state index in [2.05, 4.69) is 27.0 Å². The van der Waals surface area contributed by atoms with E-state index in [1.807, 2.05) is 13.0 Å². The largest absolute Gasteiger partial charge is 0.486 e. The van der Waals surface area contributed by atoms with E-state index >= 15 is 0 Å². The van der Waals surface area contributed by atoms with Gasteiger partial charge in [-0.3, -0.25) is 4.90 Å². The van der Waals surface area contributed by atoms with Crippen LogP contribution >= 0.6 is 0 Å². The van der Waals surface area contributed by atoms with Gasteiger partial charge in [-0.25, -0.2) is 9.97 Å². The van der Waals surface area contributed by atoms with Gasteiger partial charge < -0.3 is 14.2 Å². The van der Waals surface area contributed by atoms with Crippen LogP contribution in [-0.2, 0) is 6.54 Å². The van der Waals surface area contributed by atoms with Crippen molar-refractivity contribution < 1.29 is 14.2 Å². The van der Waals surface area contributed by atoms with Gasteiger partial charge in [0.05, 0.1) is 0 Å². The van der Waals surface area contributed by atoms with Crippen molar-refractivity contribution in [3.8, 4) is 17.5 Å². The highest BCUT2D eigenvalue weighted by molar-refractivity contribution is 5.43. The number of fused-ring (bicyclic) bond motifs is 1. The van der Waals surface area contributed by atoms with Crippen LogP contribution in [-0.4, -0.2) is 47.3 Å². The molecule has 0 bridgehead atoms. The highest BCUT2D eigenvalue weighted by Crippen LogP contribution is 2.31. The van der Waals surface area contributed by atoms with Crippen LogP contribution in [0.4, 0.5) is 0 Å². The third kappa shape index (κ3) is 4.02. The molecular weight excluding hydrogens is 318 g/mol. The molecule has 3 heterocycles. The molecule has 0 spiro atoms. The Morgan fingerprint density at radius 3 is 2.56 bits per heavy atom. The third-order valence-corrected chi connectivity index (χ3v) is 4.58. The predicted octanol–water partition coefficient (Wildman–Crippen LogP) is 2.60. The fraction of sp³-hybridized carbons (Fsp3) is 0.474. The van der Waals surface area contributed by atoms with E-state index in [0.29, 0.717) is 19.2 Å². The molecule has 2 aliphatic rings. The lowest BCUT2D eigenvalue weighted by molar-refractivity contribution is 0.0890. The summed E-state index contributed by atoms with van der Waals surface area (Å²) in [6, 6.07) is 6.71. The molecule has 4 rings (SSSR count). The molecule has 0 radical (unpaired) electrons. The molecule has 1 aromatic carbocycles. The van der Waals surface area contributed by atoms with Gasteiger partial charge in [0.15, 0.2) is 11.5 Å². The molecule has 1 aromatic heterocycles. The number of likely N-dealkylation sites (tertiary alicyclic amines) is 1. The van der Waals surface area contributed by atoms with Crippen LogP contribution in [0.15, 0.2) is 30.6 Å². The minimum absolute atomic E-state index is 0.194. The highest BCUT2D eigenvalue weighted by Gasteiger charge is 2.22. The fourth-order valence-corrected chi connectivity index (χ4v) is 3.22. The summed E-state index contributed by atoms with van der Waals surface area (Å²) in [7, 11) is 0. The van der Waals surface area contributed by atoms with Gasteiger partial charge in [0.1, 0.15) is 19.3 Å². The molecule has 1 fully saturated rings. The molecule has 6 nitrogen and oxygen atoms in total. The van der Waals surface area contributed by atoms with Gasteiger partial charge in [-0.1, -0.05) is 6.07 Å². The van der Waals surface area contributed by atoms with Gasteiger partial charge in [0.25, 0.3) is 0 Å². The third-order valence-electron chi connectivity index (χ3n) is 4.58. The fourth-order valence-electron chi connectivity index (χ4n) is 3.22. The van der Waals surface area contributed by atoms with Crippen molar-refractivity contribution in [3.63, 3.8) is 0 Å². The first-order chi connectivity index (χ1) is 12.3. The van der Waals surface area contributed by atoms with E-state index in [-0.39, 0.29) is 6.10 Å². The van der Waals surface area contributed by atoms with Gasteiger partial charge in [-0.15, -0.1) is 0 Å². The molecular formula is C19H23N3O3. The standard InChI is InChI=1S/C19H23N3O3/c1-14-11-20-19(21-12-14)25-16-4-6-22(7-5-16)13-15-2-3-17-18(10-15)24-9-8-23-17/h2-3,10-12,16H,4-9,13H2,1H3. The SMILES string of the molecule is Cc1cnc(OC2CCN(Cc3ccc4c(c3)OCCO4)CC2)nc1. The van der Waals surface area contributed by atoms with Crippen LogP contribution in [0, 0.1) is 6.92 Å². The van der Waals surface area contributed by atoms with Crippen molar-refractivity contribution >= 4 is 0 Å². The number of ether oxygens (including phenoxy) is 3. The van der Waals surface area contributed by atoms with Gasteiger partial charge in [0.2, 0.25) is 0 Å². The monoisotopic (exact) mass is 341 g/mol. The maximum atomic E-state index is 5.90. The number of piperidine rings is 1. The molecule has 0 amide bonds. The number of hydrogen-bond acceptors (Lipinski definition) is 6. The van der Waals surface area contributed by atoms with E-state index in [0.717, 1.165) is 49.5 Å². The Morgan fingerprint density at radius 2 is 1.80 bits per heavy atom. The lowest BCUT2D eigenvalue weighted by Gasteiger charge is -2.31. The molecule has 2 aromatic rings. The smallest absolute Gasteiger partial charge is 0.316 e. The van der Waals surface area contributed by atoms with Crippen LogP contribution < -0.4 is 14.2 Å². The van der Waals surface area contributed by atoms with Crippen molar-refractivity contribution in [2.24, 2.45) is 0 Å². The first-order valence-electron chi connectivity index (χ1n) is 8.82. The van der Waals surface area contributed by atoms with Crippen LogP contribution in [0.25, 0.3) is 0 Å². The second-order valence-electron chi connectivity index (χ2n) is 6.61. The number of benzene rings is 1. The number of aromatic nitrogens is 2. The topological polar surface area (TPSA) is 56.7 Å². The van der Waals surface area contributed by atoms with E-state index in [4.69, 9.17) is 14.2 Å². The molecule has 25 heavy (non-hydrogen) atoms. The van der Waals surface area contributed by atoms with E-state index in [1.54, 1.807) is 12.4 Å². The Kier molecular flexibility index (Phi) is 4.70. The average molecular weight is 341 g/mol. The zero-order valence-corrected chi connectivity index (χ0v) is 14.5. The molecule has 132 valence electrons. The van der Waals surface area contributed by atoms with Gasteiger partial charge in [0, 0.05) is 32.0 Å². The first kappa shape index (κ1) is 16.1. The second kappa shape index (κ2) is 7.27. The molecule has 0 aliphatic carbocycles. The Labute approximate surface area is 147 Å².